The number of esters is 1. The van der Waals surface area contributed by atoms with Gasteiger partial charge >= 0.3 is 5.97 Å². The molecule has 16 nitrogen and oxygen atoms in total. The Morgan fingerprint density at radius 1 is 0.838 bits per heavy atom. The standard InChI is InChI=1S/C58H95NO15/c1-11-48(62)57(66)59-24-16-15-19-47(59)58(67)74-52(42(6)33-45-21-23-50(71-28-26-61)53(34-45)68-9)36-49(63)41(5)32-44(8)55(65)56(69-10)54(64)43(7)31-38(2)17-13-12-14-18-40(4)51(72-30-29-70-27-25-60)35-46-22-20-39(3)37-73-46/h12-14,17-18,32,38-39,41-43,45-47,50-53,55-56,60-61,65H,11,15-16,19-31,33-37H2,1-10H3/b14-12+,17-13+,40-18+,44-32+/t38-,39-,41-,42-,43-,45+,46+,47+,50-,51?,52+,53-,55-,56+/m1/s1. The van der Waals surface area contributed by atoms with E-state index in [1.807, 2.05) is 58.1 Å². The molecule has 2 aliphatic heterocycles. The van der Waals surface area contributed by atoms with Gasteiger partial charge in [-0.15, -0.1) is 0 Å². The van der Waals surface area contributed by atoms with Gasteiger partial charge in [0.2, 0.25) is 5.78 Å². The van der Waals surface area contributed by atoms with Gasteiger partial charge in [-0.3, -0.25) is 19.2 Å². The Morgan fingerprint density at radius 2 is 1.58 bits per heavy atom. The predicted octanol–water partition coefficient (Wildman–Crippen LogP) is 7.28. The number of ether oxygens (including phenoxy) is 7. The van der Waals surface area contributed by atoms with Crippen molar-refractivity contribution < 1.29 is 72.5 Å². The number of ketones is 3. The van der Waals surface area contributed by atoms with Crippen LogP contribution in [0.25, 0.3) is 0 Å². The van der Waals surface area contributed by atoms with Crippen LogP contribution in [0.15, 0.2) is 47.6 Å². The lowest BCUT2D eigenvalue weighted by molar-refractivity contribution is -0.166. The quantitative estimate of drug-likeness (QED) is 0.0190. The van der Waals surface area contributed by atoms with E-state index in [2.05, 4.69) is 6.92 Å². The first-order valence-electron chi connectivity index (χ1n) is 27.6. The second-order valence-corrected chi connectivity index (χ2v) is 21.3. The number of rotatable bonds is 34. The van der Waals surface area contributed by atoms with Gasteiger partial charge < -0.3 is 53.4 Å². The van der Waals surface area contributed by atoms with Gasteiger partial charge in [-0.2, -0.15) is 0 Å². The Kier molecular flexibility index (Phi) is 30.7. The summed E-state index contributed by atoms with van der Waals surface area (Å²) in [6, 6.07) is -0.937. The summed E-state index contributed by atoms with van der Waals surface area (Å²) >= 11 is 0. The van der Waals surface area contributed by atoms with Crippen molar-refractivity contribution in [3.63, 3.8) is 0 Å². The number of methoxy groups -OCH3 is 2. The highest BCUT2D eigenvalue weighted by Gasteiger charge is 2.40. The maximum absolute atomic E-state index is 14.1. The molecule has 14 atom stereocenters. The van der Waals surface area contributed by atoms with Crippen molar-refractivity contribution in [2.24, 2.45) is 35.5 Å². The normalized spacial score (nSPS) is 25.5. The number of hydrogen-bond donors (Lipinski definition) is 3. The summed E-state index contributed by atoms with van der Waals surface area (Å²) in [6.45, 7) is 17.2. The van der Waals surface area contributed by atoms with Gasteiger partial charge in [0.05, 0.1) is 64.1 Å². The summed E-state index contributed by atoms with van der Waals surface area (Å²) in [7, 11) is 3.02. The van der Waals surface area contributed by atoms with E-state index in [9.17, 15) is 34.2 Å². The van der Waals surface area contributed by atoms with E-state index >= 15 is 0 Å². The zero-order chi connectivity index (χ0) is 54.7. The molecule has 0 radical (unpaired) electrons. The Bertz CT molecular complexity index is 1820. The SMILES string of the molecule is CCC(=O)C(=O)N1CCCC[C@H]1C(=O)O[C@@H](CC(=O)[C@H](C)/C=C(\C)[C@@H](O)[C@@H](OC)C(=O)[C@H](C)C[C@H](C)/C=C/C=C/C=C(\C)C(C[C@@H]1CC[C@@H](C)CO1)OCCOCCO)[C@H](C)C[C@@H]1CC[C@@H](OCCO)[C@H](OC)C1. The van der Waals surface area contributed by atoms with Gasteiger partial charge in [-0.1, -0.05) is 78.0 Å². The molecule has 1 unspecified atom stereocenters. The Labute approximate surface area is 443 Å². The third-order valence-electron chi connectivity index (χ3n) is 15.1. The number of aliphatic hydroxyl groups is 3. The average Bonchev–Trinajstić information content (AvgIpc) is 3.39. The highest BCUT2D eigenvalue weighted by molar-refractivity contribution is 6.36. The molecule has 3 N–H and O–H groups in total. The van der Waals surface area contributed by atoms with Crippen molar-refractivity contribution in [1.29, 1.82) is 0 Å². The summed E-state index contributed by atoms with van der Waals surface area (Å²) in [5, 5.41) is 29.9. The Balaban J connectivity index is 1.67. The first-order chi connectivity index (χ1) is 35.4. The first kappa shape index (κ1) is 64.8. The van der Waals surface area contributed by atoms with Crippen LogP contribution in [-0.4, -0.2) is 165 Å². The molecule has 0 spiro atoms. The molecular weight excluding hydrogens is 951 g/mol. The third kappa shape index (κ3) is 21.9. The number of Topliss-reactive ketones (excluding diaryl/α,β-unsaturated/α-hetero) is 3. The number of hydrogen-bond acceptors (Lipinski definition) is 15. The average molecular weight is 1050 g/mol. The molecule has 3 aliphatic rings. The number of nitrogens with zero attached hydrogens (tertiary/aromatic N) is 1. The van der Waals surface area contributed by atoms with E-state index in [0.717, 1.165) is 44.3 Å². The molecule has 422 valence electrons. The monoisotopic (exact) mass is 1050 g/mol. The molecule has 16 heteroatoms. The third-order valence-corrected chi connectivity index (χ3v) is 15.1. The summed E-state index contributed by atoms with van der Waals surface area (Å²) in [6.07, 6.45) is 15.7. The molecular formula is C58H95NO15. The number of amides is 1. The second-order valence-electron chi connectivity index (χ2n) is 21.3. The number of piperidine rings is 1. The fourth-order valence-corrected chi connectivity index (χ4v) is 10.5. The van der Waals surface area contributed by atoms with Crippen LogP contribution in [0.2, 0.25) is 0 Å². The fourth-order valence-electron chi connectivity index (χ4n) is 10.5. The van der Waals surface area contributed by atoms with Gasteiger partial charge in [0.1, 0.15) is 30.1 Å². The molecule has 0 aromatic rings. The second kappa shape index (κ2) is 35.1. The summed E-state index contributed by atoms with van der Waals surface area (Å²) in [5.74, 6) is -3.09. The maximum Gasteiger partial charge on any atom is 0.329 e. The zero-order valence-corrected chi connectivity index (χ0v) is 46.6. The molecule has 1 amide bonds. The largest absolute Gasteiger partial charge is 0.460 e. The molecule has 0 aromatic heterocycles. The summed E-state index contributed by atoms with van der Waals surface area (Å²) in [4.78, 5) is 68.8. The van der Waals surface area contributed by atoms with E-state index in [1.165, 1.54) is 12.0 Å². The Morgan fingerprint density at radius 3 is 2.24 bits per heavy atom. The van der Waals surface area contributed by atoms with Crippen molar-refractivity contribution in [2.75, 3.05) is 67.0 Å². The summed E-state index contributed by atoms with van der Waals surface area (Å²) < 4.78 is 41.2. The molecule has 0 aromatic carbocycles. The minimum absolute atomic E-state index is 0.0222. The number of likely N-dealkylation sites (tertiary alicyclic amines) is 1. The molecule has 74 heavy (non-hydrogen) atoms. The lowest BCUT2D eigenvalue weighted by Crippen LogP contribution is -2.51. The first-order valence-corrected chi connectivity index (χ1v) is 27.6. The van der Waals surface area contributed by atoms with Crippen LogP contribution in [-0.2, 0) is 57.1 Å². The van der Waals surface area contributed by atoms with E-state index in [1.54, 1.807) is 34.0 Å². The number of allylic oxidation sites excluding steroid dienone is 6. The molecule has 0 bridgehead atoms. The van der Waals surface area contributed by atoms with E-state index in [4.69, 9.17) is 38.3 Å². The minimum atomic E-state index is -1.32. The highest BCUT2D eigenvalue weighted by Crippen LogP contribution is 2.35. The summed E-state index contributed by atoms with van der Waals surface area (Å²) in [5.41, 5.74) is 1.46. The van der Waals surface area contributed by atoms with Crippen molar-refractivity contribution in [3.05, 3.63) is 47.6 Å². The number of aliphatic hydroxyl groups excluding tert-OH is 3. The lowest BCUT2D eigenvalue weighted by atomic mass is 9.78. The van der Waals surface area contributed by atoms with Crippen molar-refractivity contribution in [1.82, 2.24) is 4.90 Å². The lowest BCUT2D eigenvalue weighted by Gasteiger charge is -2.38. The zero-order valence-electron chi connectivity index (χ0n) is 46.6. The van der Waals surface area contributed by atoms with Crippen LogP contribution >= 0.6 is 0 Å². The highest BCUT2D eigenvalue weighted by atomic mass is 16.6. The van der Waals surface area contributed by atoms with Gasteiger partial charge in [-0.05, 0) is 113 Å². The minimum Gasteiger partial charge on any atom is -0.460 e. The maximum atomic E-state index is 14.1. The van der Waals surface area contributed by atoms with E-state index in [0.29, 0.717) is 63.2 Å². The van der Waals surface area contributed by atoms with Crippen LogP contribution in [0.5, 0.6) is 0 Å². The molecule has 1 saturated carbocycles. The van der Waals surface area contributed by atoms with Crippen LogP contribution in [0.1, 0.15) is 139 Å². The number of carbonyl (C=O) groups is 5. The van der Waals surface area contributed by atoms with E-state index < -0.39 is 53.8 Å². The molecule has 3 rings (SSSR count). The van der Waals surface area contributed by atoms with Gasteiger partial charge in [0.25, 0.3) is 5.91 Å². The van der Waals surface area contributed by atoms with Crippen molar-refractivity contribution in [2.45, 2.75) is 188 Å². The van der Waals surface area contributed by atoms with Crippen LogP contribution in [0.4, 0.5) is 0 Å². The molecule has 1 aliphatic carbocycles. The van der Waals surface area contributed by atoms with Crippen LogP contribution in [0, 0.1) is 35.5 Å². The number of carbonyl (C=O) groups excluding carboxylic acids is 5. The Hall–Kier alpha value is -3.45. The smallest absolute Gasteiger partial charge is 0.329 e. The molecule has 3 fully saturated rings. The van der Waals surface area contributed by atoms with Gasteiger partial charge in [0, 0.05) is 58.5 Å². The van der Waals surface area contributed by atoms with Crippen molar-refractivity contribution in [3.8, 4) is 0 Å². The van der Waals surface area contributed by atoms with Gasteiger partial charge in [0.15, 0.2) is 5.78 Å². The predicted molar refractivity (Wildman–Crippen MR) is 283 cm³/mol. The molecule has 2 saturated heterocycles. The van der Waals surface area contributed by atoms with Crippen LogP contribution < -0.4 is 0 Å². The van der Waals surface area contributed by atoms with Crippen LogP contribution in [0.3, 0.4) is 0 Å². The topological polar surface area (TPSA) is 214 Å². The van der Waals surface area contributed by atoms with E-state index in [-0.39, 0.29) is 99.6 Å². The fraction of sp³-hybridized carbons (Fsp3) is 0.776. The molecule has 2 heterocycles. The van der Waals surface area contributed by atoms with Gasteiger partial charge in [-0.25, -0.2) is 4.79 Å². The van der Waals surface area contributed by atoms with Crippen molar-refractivity contribution >= 4 is 29.2 Å².